The Kier molecular flexibility index (Phi) is 6.10. The van der Waals surface area contributed by atoms with Crippen LogP contribution in [-0.2, 0) is 11.3 Å². The summed E-state index contributed by atoms with van der Waals surface area (Å²) >= 11 is 1.28. The van der Waals surface area contributed by atoms with E-state index in [9.17, 15) is 4.79 Å². The molecule has 1 aromatic heterocycles. The predicted molar refractivity (Wildman–Crippen MR) is 85.1 cm³/mol. The van der Waals surface area contributed by atoms with Crippen LogP contribution in [0.2, 0.25) is 0 Å². The average Bonchev–Trinajstić information content (AvgIpc) is 3.10. The summed E-state index contributed by atoms with van der Waals surface area (Å²) in [5.41, 5.74) is 0.845. The zero-order chi connectivity index (χ0) is 16.7. The fourth-order valence-corrected chi connectivity index (χ4v) is 2.50. The van der Waals surface area contributed by atoms with Crippen molar-refractivity contribution in [2.24, 2.45) is 0 Å². The molecule has 0 saturated heterocycles. The van der Waals surface area contributed by atoms with Gasteiger partial charge in [-0.1, -0.05) is 11.8 Å². The van der Waals surface area contributed by atoms with E-state index < -0.39 is 0 Å². The van der Waals surface area contributed by atoms with E-state index in [1.54, 1.807) is 33.5 Å². The molecule has 1 heterocycles. The van der Waals surface area contributed by atoms with Crippen molar-refractivity contribution in [2.45, 2.75) is 11.7 Å². The Hall–Kier alpha value is -2.42. The van der Waals surface area contributed by atoms with Crippen LogP contribution < -0.4 is 19.5 Å². The van der Waals surface area contributed by atoms with Gasteiger partial charge in [-0.25, -0.2) is 4.98 Å². The number of amides is 1. The highest BCUT2D eigenvalue weighted by Crippen LogP contribution is 2.38. The molecule has 1 amide bonds. The highest BCUT2D eigenvalue weighted by Gasteiger charge is 2.13. The normalized spacial score (nSPS) is 10.2. The lowest BCUT2D eigenvalue weighted by Crippen LogP contribution is -2.24. The fraction of sp³-hybridized carbons (Fsp3) is 0.357. The minimum absolute atomic E-state index is 0.111. The van der Waals surface area contributed by atoms with Crippen LogP contribution in [0.1, 0.15) is 5.56 Å². The first-order valence-corrected chi connectivity index (χ1v) is 7.70. The number of ether oxygens (including phenoxy) is 3. The van der Waals surface area contributed by atoms with E-state index in [1.165, 1.54) is 18.1 Å². The van der Waals surface area contributed by atoms with Gasteiger partial charge in [-0.2, -0.15) is 5.10 Å². The maximum absolute atomic E-state index is 11.9. The second-order valence-electron chi connectivity index (χ2n) is 4.39. The lowest BCUT2D eigenvalue weighted by Gasteiger charge is -2.14. The van der Waals surface area contributed by atoms with E-state index in [4.69, 9.17) is 14.2 Å². The fourth-order valence-electron chi connectivity index (χ4n) is 1.89. The number of rotatable bonds is 8. The molecule has 0 aliphatic rings. The van der Waals surface area contributed by atoms with Gasteiger partial charge in [0.05, 0.1) is 27.1 Å². The third-order valence-corrected chi connectivity index (χ3v) is 3.82. The number of carbonyl (C=O) groups is 1. The van der Waals surface area contributed by atoms with Crippen molar-refractivity contribution in [3.63, 3.8) is 0 Å². The minimum Gasteiger partial charge on any atom is -0.493 e. The number of hydrogen-bond acceptors (Lipinski definition) is 7. The molecular formula is C14H18N4O4S. The smallest absolute Gasteiger partial charge is 0.230 e. The number of nitrogens with one attached hydrogen (secondary N) is 2. The van der Waals surface area contributed by atoms with Crippen LogP contribution in [-0.4, -0.2) is 48.2 Å². The molecule has 0 aliphatic carbocycles. The third-order valence-electron chi connectivity index (χ3n) is 2.95. The monoisotopic (exact) mass is 338 g/mol. The molecule has 1 aromatic carbocycles. The van der Waals surface area contributed by atoms with Gasteiger partial charge < -0.3 is 19.5 Å². The second-order valence-corrected chi connectivity index (χ2v) is 5.35. The molecule has 0 fully saturated rings. The Balaban J connectivity index is 1.95. The highest BCUT2D eigenvalue weighted by molar-refractivity contribution is 7.99. The second kappa shape index (κ2) is 8.28. The van der Waals surface area contributed by atoms with Gasteiger partial charge in [-0.3, -0.25) is 9.89 Å². The van der Waals surface area contributed by atoms with Crippen LogP contribution in [0, 0.1) is 0 Å². The molecule has 8 nitrogen and oxygen atoms in total. The zero-order valence-electron chi connectivity index (χ0n) is 13.1. The largest absolute Gasteiger partial charge is 0.493 e. The third kappa shape index (κ3) is 4.52. The Labute approximate surface area is 137 Å². The number of nitrogens with zero attached hydrogens (tertiary/aromatic N) is 2. The van der Waals surface area contributed by atoms with Crippen molar-refractivity contribution in [3.8, 4) is 17.2 Å². The van der Waals surface area contributed by atoms with Gasteiger partial charge in [0.15, 0.2) is 16.7 Å². The number of methoxy groups -OCH3 is 3. The van der Waals surface area contributed by atoms with Crippen molar-refractivity contribution in [1.29, 1.82) is 0 Å². The number of benzene rings is 1. The molecule has 0 radical (unpaired) electrons. The topological polar surface area (TPSA) is 98.4 Å². The van der Waals surface area contributed by atoms with E-state index in [2.05, 4.69) is 20.5 Å². The van der Waals surface area contributed by atoms with Crippen LogP contribution in [0.3, 0.4) is 0 Å². The SMILES string of the molecule is COc1cc(CNC(=O)CSc2ncn[nH]2)cc(OC)c1OC. The van der Waals surface area contributed by atoms with Gasteiger partial charge in [-0.05, 0) is 17.7 Å². The maximum Gasteiger partial charge on any atom is 0.230 e. The summed E-state index contributed by atoms with van der Waals surface area (Å²) in [7, 11) is 4.64. The number of carbonyl (C=O) groups excluding carboxylic acids is 1. The first-order valence-electron chi connectivity index (χ1n) is 6.71. The number of aromatic amines is 1. The lowest BCUT2D eigenvalue weighted by molar-refractivity contribution is -0.118. The Bertz CT molecular complexity index is 623. The van der Waals surface area contributed by atoms with Crippen molar-refractivity contribution >= 4 is 17.7 Å². The Morgan fingerprint density at radius 1 is 1.22 bits per heavy atom. The summed E-state index contributed by atoms with van der Waals surface area (Å²) in [6, 6.07) is 3.59. The molecule has 9 heteroatoms. The summed E-state index contributed by atoms with van der Waals surface area (Å²) in [5, 5.41) is 9.84. The Morgan fingerprint density at radius 2 is 1.91 bits per heavy atom. The average molecular weight is 338 g/mol. The molecule has 0 bridgehead atoms. The summed E-state index contributed by atoms with van der Waals surface area (Å²) in [6.45, 7) is 0.354. The Morgan fingerprint density at radius 3 is 2.43 bits per heavy atom. The summed E-state index contributed by atoms with van der Waals surface area (Å²) < 4.78 is 15.8. The lowest BCUT2D eigenvalue weighted by atomic mass is 10.2. The number of aromatic nitrogens is 3. The molecular weight excluding hydrogens is 320 g/mol. The van der Waals surface area contributed by atoms with Gasteiger partial charge in [0.25, 0.3) is 0 Å². The molecule has 2 rings (SSSR count). The summed E-state index contributed by atoms with van der Waals surface area (Å²) in [6.07, 6.45) is 1.40. The van der Waals surface area contributed by atoms with Gasteiger partial charge in [-0.15, -0.1) is 0 Å². The number of hydrogen-bond donors (Lipinski definition) is 2. The van der Waals surface area contributed by atoms with Crippen LogP contribution in [0.15, 0.2) is 23.6 Å². The first kappa shape index (κ1) is 16.9. The van der Waals surface area contributed by atoms with Gasteiger partial charge in [0, 0.05) is 6.54 Å². The van der Waals surface area contributed by atoms with Crippen molar-refractivity contribution < 1.29 is 19.0 Å². The maximum atomic E-state index is 11.9. The molecule has 0 aliphatic heterocycles. The molecule has 0 atom stereocenters. The summed E-state index contributed by atoms with van der Waals surface area (Å²) in [4.78, 5) is 15.8. The van der Waals surface area contributed by atoms with Crippen LogP contribution in [0.5, 0.6) is 17.2 Å². The van der Waals surface area contributed by atoms with Crippen LogP contribution in [0.25, 0.3) is 0 Å². The van der Waals surface area contributed by atoms with E-state index in [0.29, 0.717) is 28.9 Å². The minimum atomic E-state index is -0.111. The number of thioether (sulfide) groups is 1. The van der Waals surface area contributed by atoms with Crippen molar-refractivity contribution in [1.82, 2.24) is 20.5 Å². The highest BCUT2D eigenvalue weighted by atomic mass is 32.2. The van der Waals surface area contributed by atoms with E-state index in [1.807, 2.05) is 0 Å². The molecule has 124 valence electrons. The molecule has 2 N–H and O–H groups in total. The van der Waals surface area contributed by atoms with E-state index in [0.717, 1.165) is 5.56 Å². The van der Waals surface area contributed by atoms with Crippen LogP contribution >= 0.6 is 11.8 Å². The van der Waals surface area contributed by atoms with E-state index >= 15 is 0 Å². The summed E-state index contributed by atoms with van der Waals surface area (Å²) in [5.74, 6) is 1.75. The van der Waals surface area contributed by atoms with Gasteiger partial charge in [0.1, 0.15) is 6.33 Å². The molecule has 0 unspecified atom stereocenters. The zero-order valence-corrected chi connectivity index (χ0v) is 13.9. The van der Waals surface area contributed by atoms with Crippen molar-refractivity contribution in [2.75, 3.05) is 27.1 Å². The first-order chi connectivity index (χ1) is 11.2. The van der Waals surface area contributed by atoms with Gasteiger partial charge >= 0.3 is 0 Å². The predicted octanol–water partition coefficient (Wildman–Crippen LogP) is 1.24. The van der Waals surface area contributed by atoms with Crippen molar-refractivity contribution in [3.05, 3.63) is 24.0 Å². The molecule has 23 heavy (non-hydrogen) atoms. The molecule has 0 spiro atoms. The standard InChI is InChI=1S/C14H18N4O4S/c1-20-10-4-9(5-11(21-2)13(10)22-3)6-15-12(19)7-23-14-16-8-17-18-14/h4-5,8H,6-7H2,1-3H3,(H,15,19)(H,16,17,18). The van der Waals surface area contributed by atoms with E-state index in [-0.39, 0.29) is 11.7 Å². The van der Waals surface area contributed by atoms with Gasteiger partial charge in [0.2, 0.25) is 11.7 Å². The quantitative estimate of drug-likeness (QED) is 0.699. The molecule has 2 aromatic rings. The number of H-pyrrole nitrogens is 1. The molecule has 0 saturated carbocycles. The van der Waals surface area contributed by atoms with Crippen LogP contribution in [0.4, 0.5) is 0 Å².